The van der Waals surface area contributed by atoms with Gasteiger partial charge in [0.15, 0.2) is 0 Å². The van der Waals surface area contributed by atoms with Crippen LogP contribution in [-0.4, -0.2) is 7.05 Å². The number of fused-ring (bicyclic) bond motifs is 1. The van der Waals surface area contributed by atoms with Crippen LogP contribution in [0.3, 0.4) is 0 Å². The van der Waals surface area contributed by atoms with Crippen molar-refractivity contribution in [2.24, 2.45) is 0 Å². The fourth-order valence-electron chi connectivity index (χ4n) is 2.50. The van der Waals surface area contributed by atoms with Gasteiger partial charge in [0, 0.05) is 6.54 Å². The van der Waals surface area contributed by atoms with Crippen LogP contribution >= 0.6 is 0 Å². The van der Waals surface area contributed by atoms with Gasteiger partial charge >= 0.3 is 0 Å². The first-order valence-corrected chi connectivity index (χ1v) is 6.41. The molecule has 0 spiro atoms. The summed E-state index contributed by atoms with van der Waals surface area (Å²) < 4.78 is 18.9. The molecule has 1 heterocycles. The topological polar surface area (TPSA) is 21.3 Å². The van der Waals surface area contributed by atoms with Gasteiger partial charge in [-0.2, -0.15) is 0 Å². The zero-order chi connectivity index (χ0) is 13.2. The van der Waals surface area contributed by atoms with Gasteiger partial charge in [0.2, 0.25) is 0 Å². The first kappa shape index (κ1) is 12.3. The van der Waals surface area contributed by atoms with Crippen molar-refractivity contribution in [3.8, 4) is 11.1 Å². The van der Waals surface area contributed by atoms with E-state index in [2.05, 4.69) is 17.4 Å². The highest BCUT2D eigenvalue weighted by Gasteiger charge is 2.13. The maximum Gasteiger partial charge on any atom is 0.123 e. The Morgan fingerprint density at radius 1 is 1.11 bits per heavy atom. The summed E-state index contributed by atoms with van der Waals surface area (Å²) in [7, 11) is 1.89. The highest BCUT2D eigenvalue weighted by molar-refractivity contribution is 5.68. The van der Waals surface area contributed by atoms with Crippen molar-refractivity contribution < 1.29 is 9.13 Å². The first-order valence-electron chi connectivity index (χ1n) is 6.41. The molecule has 1 N–H and O–H groups in total. The van der Waals surface area contributed by atoms with E-state index in [0.717, 1.165) is 23.2 Å². The van der Waals surface area contributed by atoms with Crippen LogP contribution in [0.5, 0.6) is 0 Å². The molecule has 0 aromatic heterocycles. The van der Waals surface area contributed by atoms with Crippen molar-refractivity contribution in [3.05, 3.63) is 58.9 Å². The molecule has 0 saturated heterocycles. The molecule has 0 saturated carbocycles. The molecule has 0 fully saturated rings. The number of halogens is 1. The molecule has 0 radical (unpaired) electrons. The summed E-state index contributed by atoms with van der Waals surface area (Å²) in [6, 6.07) is 11.2. The van der Waals surface area contributed by atoms with Crippen LogP contribution < -0.4 is 5.32 Å². The second-order valence-corrected chi connectivity index (χ2v) is 4.81. The molecule has 2 aromatic rings. The SMILES string of the molecule is CNCc1ccc(F)cc1-c1ccc2c(c1)COC2. The van der Waals surface area contributed by atoms with Crippen molar-refractivity contribution in [2.75, 3.05) is 7.05 Å². The van der Waals surface area contributed by atoms with E-state index < -0.39 is 0 Å². The van der Waals surface area contributed by atoms with E-state index in [4.69, 9.17) is 4.74 Å². The molecule has 0 bridgehead atoms. The monoisotopic (exact) mass is 257 g/mol. The summed E-state index contributed by atoms with van der Waals surface area (Å²) >= 11 is 0. The van der Waals surface area contributed by atoms with Gasteiger partial charge in [0.25, 0.3) is 0 Å². The number of hydrogen-bond acceptors (Lipinski definition) is 2. The summed E-state index contributed by atoms with van der Waals surface area (Å²) in [5.74, 6) is -0.202. The second-order valence-electron chi connectivity index (χ2n) is 4.81. The van der Waals surface area contributed by atoms with E-state index in [0.29, 0.717) is 13.2 Å². The van der Waals surface area contributed by atoms with Crippen LogP contribution in [0.25, 0.3) is 11.1 Å². The third-order valence-electron chi connectivity index (χ3n) is 3.47. The van der Waals surface area contributed by atoms with Gasteiger partial charge in [-0.05, 0) is 53.1 Å². The van der Waals surface area contributed by atoms with E-state index in [-0.39, 0.29) is 5.82 Å². The molecule has 1 aliphatic rings. The standard InChI is InChI=1S/C16H16FNO/c1-18-8-12-4-5-15(17)7-16(12)11-2-3-13-9-19-10-14(13)6-11/h2-7,18H,8-10H2,1H3. The lowest BCUT2D eigenvalue weighted by molar-refractivity contribution is 0.134. The fourth-order valence-corrected chi connectivity index (χ4v) is 2.50. The Kier molecular flexibility index (Phi) is 3.32. The molecule has 0 aliphatic carbocycles. The molecular formula is C16H16FNO. The fraction of sp³-hybridized carbons (Fsp3) is 0.250. The molecule has 3 heteroatoms. The number of hydrogen-bond donors (Lipinski definition) is 1. The Balaban J connectivity index is 2.07. The minimum Gasteiger partial charge on any atom is -0.372 e. The maximum absolute atomic E-state index is 13.5. The summed E-state index contributed by atoms with van der Waals surface area (Å²) in [5.41, 5.74) is 5.54. The Morgan fingerprint density at radius 3 is 2.79 bits per heavy atom. The molecule has 2 aromatic carbocycles. The summed E-state index contributed by atoms with van der Waals surface area (Å²) in [4.78, 5) is 0. The number of ether oxygens (including phenoxy) is 1. The Hall–Kier alpha value is -1.71. The van der Waals surface area contributed by atoms with E-state index >= 15 is 0 Å². The van der Waals surface area contributed by atoms with Gasteiger partial charge in [-0.25, -0.2) is 4.39 Å². The van der Waals surface area contributed by atoms with E-state index in [1.165, 1.54) is 17.2 Å². The normalized spacial score (nSPS) is 13.6. The van der Waals surface area contributed by atoms with Gasteiger partial charge in [0.1, 0.15) is 5.82 Å². The third kappa shape index (κ3) is 2.39. The molecule has 3 rings (SSSR count). The summed E-state index contributed by atoms with van der Waals surface area (Å²) in [6.45, 7) is 2.06. The van der Waals surface area contributed by atoms with Gasteiger partial charge in [-0.3, -0.25) is 0 Å². The minimum absolute atomic E-state index is 0.202. The third-order valence-corrected chi connectivity index (χ3v) is 3.47. The number of rotatable bonds is 3. The Morgan fingerprint density at radius 2 is 1.95 bits per heavy atom. The van der Waals surface area contributed by atoms with Crippen LogP contribution in [0.4, 0.5) is 4.39 Å². The lowest BCUT2D eigenvalue weighted by Gasteiger charge is -2.11. The summed E-state index contributed by atoms with van der Waals surface area (Å²) in [6.07, 6.45) is 0. The van der Waals surface area contributed by atoms with Crippen LogP contribution in [-0.2, 0) is 24.5 Å². The zero-order valence-corrected chi connectivity index (χ0v) is 10.9. The van der Waals surface area contributed by atoms with E-state index in [1.807, 2.05) is 19.2 Å². The van der Waals surface area contributed by atoms with Crippen molar-refractivity contribution in [1.82, 2.24) is 5.32 Å². The zero-order valence-electron chi connectivity index (χ0n) is 10.9. The average molecular weight is 257 g/mol. The number of nitrogens with one attached hydrogen (secondary N) is 1. The molecule has 98 valence electrons. The average Bonchev–Trinajstić information content (AvgIpc) is 2.88. The van der Waals surface area contributed by atoms with Crippen molar-refractivity contribution in [1.29, 1.82) is 0 Å². The molecule has 0 amide bonds. The van der Waals surface area contributed by atoms with Gasteiger partial charge in [-0.1, -0.05) is 18.2 Å². The van der Waals surface area contributed by atoms with Crippen LogP contribution in [0.1, 0.15) is 16.7 Å². The number of benzene rings is 2. The molecule has 0 atom stereocenters. The van der Waals surface area contributed by atoms with Gasteiger partial charge in [-0.15, -0.1) is 0 Å². The quantitative estimate of drug-likeness (QED) is 0.911. The smallest absolute Gasteiger partial charge is 0.123 e. The lowest BCUT2D eigenvalue weighted by atomic mass is 9.96. The molecular weight excluding hydrogens is 241 g/mol. The molecule has 0 unspecified atom stereocenters. The highest BCUT2D eigenvalue weighted by atomic mass is 19.1. The minimum atomic E-state index is -0.202. The van der Waals surface area contributed by atoms with E-state index in [1.54, 1.807) is 6.07 Å². The summed E-state index contributed by atoms with van der Waals surface area (Å²) in [5, 5.41) is 3.12. The second kappa shape index (κ2) is 5.11. The predicted octanol–water partition coefficient (Wildman–Crippen LogP) is 3.24. The van der Waals surface area contributed by atoms with Crippen molar-refractivity contribution in [3.63, 3.8) is 0 Å². The lowest BCUT2D eigenvalue weighted by Crippen LogP contribution is -2.06. The van der Waals surface area contributed by atoms with Crippen LogP contribution in [0, 0.1) is 5.82 Å². The van der Waals surface area contributed by atoms with Gasteiger partial charge in [0.05, 0.1) is 13.2 Å². The molecule has 1 aliphatic heterocycles. The van der Waals surface area contributed by atoms with Crippen LogP contribution in [0.2, 0.25) is 0 Å². The molecule has 19 heavy (non-hydrogen) atoms. The Labute approximate surface area is 112 Å². The maximum atomic E-state index is 13.5. The highest BCUT2D eigenvalue weighted by Crippen LogP contribution is 2.29. The van der Waals surface area contributed by atoms with E-state index in [9.17, 15) is 4.39 Å². The molecule has 2 nitrogen and oxygen atoms in total. The first-order chi connectivity index (χ1) is 9.28. The van der Waals surface area contributed by atoms with Crippen LogP contribution in [0.15, 0.2) is 36.4 Å². The Bertz CT molecular complexity index is 610. The largest absolute Gasteiger partial charge is 0.372 e. The predicted molar refractivity (Wildman–Crippen MR) is 73.1 cm³/mol. The van der Waals surface area contributed by atoms with Crippen molar-refractivity contribution >= 4 is 0 Å². The van der Waals surface area contributed by atoms with Crippen molar-refractivity contribution in [2.45, 2.75) is 19.8 Å². The van der Waals surface area contributed by atoms with Gasteiger partial charge < -0.3 is 10.1 Å².